The molecule has 0 bridgehead atoms. The lowest BCUT2D eigenvalue weighted by Crippen LogP contribution is -2.45. The van der Waals surface area contributed by atoms with Crippen LogP contribution in [0, 0.1) is 0 Å². The molecule has 0 aromatic heterocycles. The van der Waals surface area contributed by atoms with Crippen LogP contribution in [0.15, 0.2) is 18.2 Å². The normalized spacial score (nSPS) is 20.7. The molecule has 1 heterocycles. The Morgan fingerprint density at radius 2 is 2.26 bits per heavy atom. The van der Waals surface area contributed by atoms with Crippen LogP contribution < -0.4 is 5.32 Å². The molecule has 0 saturated carbocycles. The Morgan fingerprint density at radius 1 is 1.42 bits per heavy atom. The SMILES string of the molecule is CN1CCOC(CNCCc2ccc(Cl)cc2Cl)C1. The first-order valence-electron chi connectivity index (χ1n) is 6.60. The molecule has 1 fully saturated rings. The molecule has 5 heteroatoms. The van der Waals surface area contributed by atoms with E-state index in [-0.39, 0.29) is 0 Å². The van der Waals surface area contributed by atoms with Crippen molar-refractivity contribution in [2.45, 2.75) is 12.5 Å². The summed E-state index contributed by atoms with van der Waals surface area (Å²) in [6.45, 7) is 4.62. The van der Waals surface area contributed by atoms with Crippen LogP contribution in [0.25, 0.3) is 0 Å². The number of ether oxygens (including phenoxy) is 1. The summed E-state index contributed by atoms with van der Waals surface area (Å²) in [7, 11) is 2.13. The van der Waals surface area contributed by atoms with Gasteiger partial charge in [-0.1, -0.05) is 29.3 Å². The molecule has 1 atom stereocenters. The highest BCUT2D eigenvalue weighted by Gasteiger charge is 2.16. The van der Waals surface area contributed by atoms with E-state index in [1.54, 1.807) is 6.07 Å². The fraction of sp³-hybridized carbons (Fsp3) is 0.571. The third kappa shape index (κ3) is 4.93. The van der Waals surface area contributed by atoms with Gasteiger partial charge in [-0.25, -0.2) is 0 Å². The van der Waals surface area contributed by atoms with Crippen molar-refractivity contribution >= 4 is 23.2 Å². The van der Waals surface area contributed by atoms with Crippen molar-refractivity contribution < 1.29 is 4.74 Å². The van der Waals surface area contributed by atoms with Gasteiger partial charge in [-0.15, -0.1) is 0 Å². The number of benzene rings is 1. The number of hydrogen-bond donors (Lipinski definition) is 1. The van der Waals surface area contributed by atoms with Crippen LogP contribution in [0.1, 0.15) is 5.56 Å². The zero-order chi connectivity index (χ0) is 13.7. The topological polar surface area (TPSA) is 24.5 Å². The summed E-state index contributed by atoms with van der Waals surface area (Å²) in [6, 6.07) is 5.65. The summed E-state index contributed by atoms with van der Waals surface area (Å²) >= 11 is 12.0. The van der Waals surface area contributed by atoms with Gasteiger partial charge < -0.3 is 15.0 Å². The van der Waals surface area contributed by atoms with E-state index in [4.69, 9.17) is 27.9 Å². The van der Waals surface area contributed by atoms with E-state index < -0.39 is 0 Å². The van der Waals surface area contributed by atoms with Crippen molar-refractivity contribution in [1.82, 2.24) is 10.2 Å². The number of likely N-dealkylation sites (N-methyl/N-ethyl adjacent to an activating group) is 1. The Labute approximate surface area is 124 Å². The third-order valence-corrected chi connectivity index (χ3v) is 3.89. The van der Waals surface area contributed by atoms with Gasteiger partial charge in [0.1, 0.15) is 0 Å². The van der Waals surface area contributed by atoms with Gasteiger partial charge in [-0.05, 0) is 37.7 Å². The maximum Gasteiger partial charge on any atom is 0.0826 e. The number of rotatable bonds is 5. The first-order chi connectivity index (χ1) is 9.15. The maximum atomic E-state index is 6.13. The lowest BCUT2D eigenvalue weighted by molar-refractivity contribution is -0.0179. The van der Waals surface area contributed by atoms with Crippen LogP contribution in [0.2, 0.25) is 10.0 Å². The van der Waals surface area contributed by atoms with E-state index in [0.717, 1.165) is 49.8 Å². The Morgan fingerprint density at radius 3 is 3.00 bits per heavy atom. The minimum atomic E-state index is 0.291. The number of halogens is 2. The maximum absolute atomic E-state index is 6.13. The Hall–Kier alpha value is -0.320. The zero-order valence-electron chi connectivity index (χ0n) is 11.2. The molecular weight excluding hydrogens is 283 g/mol. The van der Waals surface area contributed by atoms with Gasteiger partial charge in [-0.2, -0.15) is 0 Å². The highest BCUT2D eigenvalue weighted by Crippen LogP contribution is 2.21. The molecule has 1 unspecified atom stereocenters. The number of hydrogen-bond acceptors (Lipinski definition) is 3. The van der Waals surface area contributed by atoms with Gasteiger partial charge in [0.05, 0.1) is 12.7 Å². The van der Waals surface area contributed by atoms with Crippen molar-refractivity contribution in [3.63, 3.8) is 0 Å². The van der Waals surface area contributed by atoms with Crippen LogP contribution in [-0.4, -0.2) is 50.8 Å². The van der Waals surface area contributed by atoms with Crippen molar-refractivity contribution in [2.75, 3.05) is 39.8 Å². The molecule has 1 aromatic carbocycles. The van der Waals surface area contributed by atoms with Gasteiger partial charge >= 0.3 is 0 Å². The molecule has 0 spiro atoms. The van der Waals surface area contributed by atoms with E-state index in [1.165, 1.54) is 0 Å². The predicted octanol–water partition coefficient (Wildman–Crippen LogP) is 2.46. The minimum Gasteiger partial charge on any atom is -0.374 e. The molecule has 1 N–H and O–H groups in total. The zero-order valence-corrected chi connectivity index (χ0v) is 12.7. The summed E-state index contributed by atoms with van der Waals surface area (Å²) in [5.41, 5.74) is 1.13. The Kier molecular flexibility index (Phi) is 5.92. The third-order valence-electron chi connectivity index (χ3n) is 3.30. The summed E-state index contributed by atoms with van der Waals surface area (Å²) in [5.74, 6) is 0. The quantitative estimate of drug-likeness (QED) is 0.846. The molecule has 3 nitrogen and oxygen atoms in total. The van der Waals surface area contributed by atoms with Crippen LogP contribution in [0.4, 0.5) is 0 Å². The molecule has 1 aromatic rings. The van der Waals surface area contributed by atoms with E-state index in [0.29, 0.717) is 11.1 Å². The highest BCUT2D eigenvalue weighted by atomic mass is 35.5. The fourth-order valence-electron chi connectivity index (χ4n) is 2.20. The summed E-state index contributed by atoms with van der Waals surface area (Å²) in [5, 5.41) is 4.84. The lowest BCUT2D eigenvalue weighted by Gasteiger charge is -2.30. The molecule has 1 aliphatic heterocycles. The van der Waals surface area contributed by atoms with Gasteiger partial charge in [0.2, 0.25) is 0 Å². The van der Waals surface area contributed by atoms with Crippen molar-refractivity contribution in [3.05, 3.63) is 33.8 Å². The van der Waals surface area contributed by atoms with Gasteiger partial charge in [0.25, 0.3) is 0 Å². The average molecular weight is 303 g/mol. The van der Waals surface area contributed by atoms with Gasteiger partial charge in [0, 0.05) is 29.7 Å². The van der Waals surface area contributed by atoms with Crippen LogP contribution >= 0.6 is 23.2 Å². The Balaban J connectivity index is 1.69. The van der Waals surface area contributed by atoms with Crippen molar-refractivity contribution in [1.29, 1.82) is 0 Å². The molecule has 0 aliphatic carbocycles. The summed E-state index contributed by atoms with van der Waals surface area (Å²) < 4.78 is 5.69. The monoisotopic (exact) mass is 302 g/mol. The largest absolute Gasteiger partial charge is 0.374 e. The molecule has 2 rings (SSSR count). The summed E-state index contributed by atoms with van der Waals surface area (Å²) in [4.78, 5) is 2.30. The van der Waals surface area contributed by atoms with E-state index >= 15 is 0 Å². The number of morpholine rings is 1. The molecule has 1 aliphatic rings. The highest BCUT2D eigenvalue weighted by molar-refractivity contribution is 6.35. The van der Waals surface area contributed by atoms with E-state index in [9.17, 15) is 0 Å². The average Bonchev–Trinajstić information content (AvgIpc) is 2.37. The second-order valence-electron chi connectivity index (χ2n) is 4.94. The number of nitrogens with one attached hydrogen (secondary N) is 1. The Bertz CT molecular complexity index is 414. The molecule has 1 saturated heterocycles. The van der Waals surface area contributed by atoms with Crippen LogP contribution in [0.5, 0.6) is 0 Å². The number of nitrogens with zero attached hydrogens (tertiary/aromatic N) is 1. The second kappa shape index (κ2) is 7.46. The van der Waals surface area contributed by atoms with Crippen molar-refractivity contribution in [3.8, 4) is 0 Å². The standard InChI is InChI=1S/C14H20Cl2N2O/c1-18-6-7-19-13(10-18)9-17-5-4-11-2-3-12(15)8-14(11)16/h2-3,8,13,17H,4-7,9-10H2,1H3. The van der Waals surface area contributed by atoms with E-state index in [2.05, 4.69) is 17.3 Å². The van der Waals surface area contributed by atoms with Crippen LogP contribution in [-0.2, 0) is 11.2 Å². The fourth-order valence-corrected chi connectivity index (χ4v) is 2.70. The molecule has 0 radical (unpaired) electrons. The van der Waals surface area contributed by atoms with Gasteiger partial charge in [0.15, 0.2) is 0 Å². The second-order valence-corrected chi connectivity index (χ2v) is 5.79. The first-order valence-corrected chi connectivity index (χ1v) is 7.35. The van der Waals surface area contributed by atoms with E-state index in [1.807, 2.05) is 12.1 Å². The smallest absolute Gasteiger partial charge is 0.0826 e. The molecule has 0 amide bonds. The predicted molar refractivity (Wildman–Crippen MR) is 80.3 cm³/mol. The van der Waals surface area contributed by atoms with Crippen molar-refractivity contribution in [2.24, 2.45) is 0 Å². The molecular formula is C14H20Cl2N2O. The molecule has 19 heavy (non-hydrogen) atoms. The van der Waals surface area contributed by atoms with Gasteiger partial charge in [-0.3, -0.25) is 0 Å². The molecule has 106 valence electrons. The lowest BCUT2D eigenvalue weighted by atomic mass is 10.1. The summed E-state index contributed by atoms with van der Waals surface area (Å²) in [6.07, 6.45) is 1.19. The minimum absolute atomic E-state index is 0.291. The van der Waals surface area contributed by atoms with Crippen LogP contribution in [0.3, 0.4) is 0 Å². The first kappa shape index (κ1) is 15.1.